The Labute approximate surface area is 209 Å². The van der Waals surface area contributed by atoms with Crippen molar-refractivity contribution >= 4 is 23.9 Å². The summed E-state index contributed by atoms with van der Waals surface area (Å²) in [6, 6.07) is 12.6. The molecule has 2 heterocycles. The number of likely N-dealkylation sites (tertiary alicyclic amines) is 1. The van der Waals surface area contributed by atoms with Crippen molar-refractivity contribution < 1.29 is 29.3 Å². The van der Waals surface area contributed by atoms with Crippen molar-refractivity contribution in [2.75, 3.05) is 7.11 Å². The number of imide groups is 1. The first kappa shape index (κ1) is 24.1. The second kappa shape index (κ2) is 9.43. The first-order valence-corrected chi connectivity index (χ1v) is 12.4. The third kappa shape index (κ3) is 3.76. The lowest BCUT2D eigenvalue weighted by Gasteiger charge is -2.34. The van der Waals surface area contributed by atoms with Crippen LogP contribution in [0.2, 0.25) is 0 Å². The number of benzene rings is 2. The maximum Gasteiger partial charge on any atom is 0.329 e. The van der Waals surface area contributed by atoms with Gasteiger partial charge in [-0.25, -0.2) is 4.79 Å². The minimum atomic E-state index is -1.73. The molecule has 0 bridgehead atoms. The summed E-state index contributed by atoms with van der Waals surface area (Å²) in [4.78, 5) is 42.0. The number of carboxylic acid groups (broad SMARTS) is 1. The van der Waals surface area contributed by atoms with Gasteiger partial charge in [0, 0.05) is 12.1 Å². The fraction of sp³-hybridized carbons (Fsp3) is 0.393. The summed E-state index contributed by atoms with van der Waals surface area (Å²) in [6.07, 6.45) is 7.97. The van der Waals surface area contributed by atoms with Crippen molar-refractivity contribution in [3.8, 4) is 11.5 Å². The van der Waals surface area contributed by atoms with Crippen molar-refractivity contribution in [2.24, 2.45) is 11.8 Å². The molecule has 4 unspecified atom stereocenters. The Morgan fingerprint density at radius 1 is 1.08 bits per heavy atom. The smallest absolute Gasteiger partial charge is 0.329 e. The minimum Gasteiger partial charge on any atom is -0.504 e. The molecule has 2 saturated heterocycles. The van der Waals surface area contributed by atoms with Crippen LogP contribution in [0, 0.1) is 11.8 Å². The number of carbonyl (C=O) groups excluding carboxylic acids is 2. The normalized spacial score (nSPS) is 28.6. The Hall–Kier alpha value is -3.65. The zero-order valence-electron chi connectivity index (χ0n) is 20.1. The first-order valence-electron chi connectivity index (χ1n) is 12.4. The number of fused-ring (bicyclic) bond motifs is 1. The number of nitrogens with zero attached hydrogens (tertiary/aromatic N) is 1. The summed E-state index contributed by atoms with van der Waals surface area (Å²) in [5.41, 5.74) is -0.582. The van der Waals surface area contributed by atoms with E-state index in [0.29, 0.717) is 16.9 Å². The number of rotatable bonds is 6. The molecular formula is C28H30N2O6. The van der Waals surface area contributed by atoms with Crippen molar-refractivity contribution in [1.82, 2.24) is 10.2 Å². The van der Waals surface area contributed by atoms with Crippen molar-refractivity contribution in [1.29, 1.82) is 0 Å². The standard InChI is InChI=1S/C28H30N2O6/c1-36-22-16-17(13-15-21(22)31)12-14-20-23-24(26(33)30(25(23)32)19-10-6-3-7-11-19)28(29-20,27(34)35)18-8-4-2-5-9-18/h2,4-5,8-9,12-16,19-20,23-24,29,31H,3,6-7,10-11H2,1H3,(H,34,35)/b14-12+. The number of carboxylic acids is 1. The number of hydrogen-bond donors (Lipinski definition) is 3. The van der Waals surface area contributed by atoms with Gasteiger partial charge in [0.15, 0.2) is 17.0 Å². The molecule has 1 aliphatic carbocycles. The quantitative estimate of drug-likeness (QED) is 0.532. The number of ether oxygens (including phenoxy) is 1. The molecule has 0 spiro atoms. The average molecular weight is 491 g/mol. The van der Waals surface area contributed by atoms with Gasteiger partial charge in [-0.3, -0.25) is 19.8 Å². The van der Waals surface area contributed by atoms with Crippen LogP contribution >= 0.6 is 0 Å². The number of nitrogens with one attached hydrogen (secondary N) is 1. The maximum absolute atomic E-state index is 13.9. The largest absolute Gasteiger partial charge is 0.504 e. The monoisotopic (exact) mass is 490 g/mol. The molecule has 8 nitrogen and oxygen atoms in total. The number of amides is 2. The van der Waals surface area contributed by atoms with Gasteiger partial charge in [-0.05, 0) is 36.1 Å². The van der Waals surface area contributed by atoms with Crippen LogP contribution in [-0.2, 0) is 19.9 Å². The van der Waals surface area contributed by atoms with Gasteiger partial charge >= 0.3 is 5.97 Å². The van der Waals surface area contributed by atoms with E-state index in [2.05, 4.69) is 5.32 Å². The number of aromatic hydroxyl groups is 1. The molecule has 3 aliphatic rings. The number of carbonyl (C=O) groups is 3. The topological polar surface area (TPSA) is 116 Å². The van der Waals surface area contributed by atoms with Gasteiger partial charge in [0.05, 0.1) is 18.9 Å². The SMILES string of the molecule is COc1cc(/C=C/C2NC(C(=O)O)(c3ccccc3)C3C(=O)N(C4CCCCC4)C(=O)C23)ccc1O. The van der Waals surface area contributed by atoms with Crippen LogP contribution in [0.1, 0.15) is 43.2 Å². The second-order valence-electron chi connectivity index (χ2n) is 9.78. The van der Waals surface area contributed by atoms with Gasteiger partial charge in [0.25, 0.3) is 0 Å². The Kier molecular flexibility index (Phi) is 6.30. The molecule has 2 aromatic rings. The summed E-state index contributed by atoms with van der Waals surface area (Å²) < 4.78 is 5.18. The van der Waals surface area contributed by atoms with E-state index in [-0.39, 0.29) is 17.7 Å². The van der Waals surface area contributed by atoms with E-state index < -0.39 is 35.3 Å². The summed E-state index contributed by atoms with van der Waals surface area (Å²) in [7, 11) is 1.45. The highest BCUT2D eigenvalue weighted by molar-refractivity contribution is 6.10. The molecule has 2 aromatic carbocycles. The summed E-state index contributed by atoms with van der Waals surface area (Å²) in [5, 5.41) is 23.6. The number of phenolic OH excluding ortho intramolecular Hbond substituents is 1. The second-order valence-corrected chi connectivity index (χ2v) is 9.78. The van der Waals surface area contributed by atoms with Gasteiger partial charge in [-0.1, -0.05) is 67.8 Å². The summed E-state index contributed by atoms with van der Waals surface area (Å²) >= 11 is 0. The Balaban J connectivity index is 1.58. The molecule has 0 aromatic heterocycles. The number of methoxy groups -OCH3 is 1. The van der Waals surface area contributed by atoms with Crippen LogP contribution in [0.3, 0.4) is 0 Å². The molecule has 3 N–H and O–H groups in total. The molecule has 5 rings (SSSR count). The molecule has 2 amide bonds. The maximum atomic E-state index is 13.9. The van der Waals surface area contributed by atoms with E-state index in [4.69, 9.17) is 4.74 Å². The summed E-state index contributed by atoms with van der Waals surface area (Å²) in [6.45, 7) is 0. The fourth-order valence-electron chi connectivity index (χ4n) is 6.13. The molecule has 1 saturated carbocycles. The highest BCUT2D eigenvalue weighted by Crippen LogP contribution is 2.50. The van der Waals surface area contributed by atoms with Crippen molar-refractivity contribution in [3.05, 3.63) is 65.7 Å². The molecule has 8 heteroatoms. The van der Waals surface area contributed by atoms with Crippen molar-refractivity contribution in [3.63, 3.8) is 0 Å². The third-order valence-electron chi connectivity index (χ3n) is 7.84. The van der Waals surface area contributed by atoms with Gasteiger partial charge in [0.2, 0.25) is 11.8 Å². The third-order valence-corrected chi connectivity index (χ3v) is 7.84. The van der Waals surface area contributed by atoms with Crippen LogP contribution in [0.15, 0.2) is 54.6 Å². The predicted octanol–water partition coefficient (Wildman–Crippen LogP) is 3.30. The number of phenols is 1. The molecule has 36 heavy (non-hydrogen) atoms. The van der Waals surface area contributed by atoms with Gasteiger partial charge in [0.1, 0.15) is 0 Å². The lowest BCUT2D eigenvalue weighted by atomic mass is 9.76. The minimum absolute atomic E-state index is 0.00219. The number of aliphatic carboxylic acids is 1. The molecule has 3 fully saturated rings. The predicted molar refractivity (Wildman–Crippen MR) is 132 cm³/mol. The lowest BCUT2D eigenvalue weighted by Crippen LogP contribution is -2.55. The van der Waals surface area contributed by atoms with Gasteiger partial charge in [-0.2, -0.15) is 0 Å². The fourth-order valence-corrected chi connectivity index (χ4v) is 6.13. The first-order chi connectivity index (χ1) is 17.4. The van der Waals surface area contributed by atoms with E-state index in [9.17, 15) is 24.6 Å². The Morgan fingerprint density at radius 3 is 2.47 bits per heavy atom. The highest BCUT2D eigenvalue weighted by atomic mass is 16.5. The van der Waals surface area contributed by atoms with Crippen LogP contribution < -0.4 is 10.1 Å². The van der Waals surface area contributed by atoms with Gasteiger partial charge in [-0.15, -0.1) is 0 Å². The van der Waals surface area contributed by atoms with E-state index in [1.54, 1.807) is 54.6 Å². The van der Waals surface area contributed by atoms with Crippen molar-refractivity contribution in [2.45, 2.75) is 49.7 Å². The average Bonchev–Trinajstić information content (AvgIpc) is 3.38. The van der Waals surface area contributed by atoms with Gasteiger partial charge < -0.3 is 14.9 Å². The number of hydrogen-bond acceptors (Lipinski definition) is 6. The molecular weight excluding hydrogens is 460 g/mol. The van der Waals surface area contributed by atoms with E-state index >= 15 is 0 Å². The van der Waals surface area contributed by atoms with E-state index in [0.717, 1.165) is 32.1 Å². The van der Waals surface area contributed by atoms with E-state index in [1.807, 2.05) is 0 Å². The Morgan fingerprint density at radius 2 is 1.81 bits per heavy atom. The Bertz CT molecular complexity index is 1210. The molecule has 0 radical (unpaired) electrons. The lowest BCUT2D eigenvalue weighted by molar-refractivity contribution is -0.153. The molecule has 188 valence electrons. The zero-order valence-corrected chi connectivity index (χ0v) is 20.1. The molecule has 4 atom stereocenters. The van der Waals surface area contributed by atoms with Crippen LogP contribution in [0.4, 0.5) is 0 Å². The zero-order chi connectivity index (χ0) is 25.4. The van der Waals surface area contributed by atoms with E-state index in [1.165, 1.54) is 18.1 Å². The highest BCUT2D eigenvalue weighted by Gasteiger charge is 2.69. The van der Waals surface area contributed by atoms with Crippen LogP contribution in [0.25, 0.3) is 6.08 Å². The summed E-state index contributed by atoms with van der Waals surface area (Å²) in [5.74, 6) is -3.49. The molecule has 2 aliphatic heterocycles. The van der Waals surface area contributed by atoms with Crippen LogP contribution in [0.5, 0.6) is 11.5 Å². The van der Waals surface area contributed by atoms with Crippen LogP contribution in [-0.4, -0.2) is 52.1 Å².